The van der Waals surface area contributed by atoms with Crippen molar-refractivity contribution < 1.29 is 57.0 Å². The average Bonchev–Trinajstić information content (AvgIpc) is 3.50. The van der Waals surface area contributed by atoms with Crippen LogP contribution in [-0.4, -0.2) is 113 Å². The number of ether oxygens (including phenoxy) is 2. The molecule has 2 heterocycles. The fraction of sp³-hybridized carbons (Fsp3) is 0.667. The van der Waals surface area contributed by atoms with Gasteiger partial charge in [0.15, 0.2) is 6.10 Å². The third kappa shape index (κ3) is 11.5. The maximum Gasteiger partial charge on any atom is 0.521 e. The van der Waals surface area contributed by atoms with Crippen molar-refractivity contribution >= 4 is 37.6 Å². The van der Waals surface area contributed by atoms with E-state index in [9.17, 15) is 38.5 Å². The molecule has 3 rings (SSSR count). The molecule has 6 atom stereocenters. The molecule has 2 fully saturated rings. The lowest BCUT2D eigenvalue weighted by Crippen LogP contribution is -2.61. The Morgan fingerprint density at radius 1 is 1.06 bits per heavy atom. The summed E-state index contributed by atoms with van der Waals surface area (Å²) in [5, 5.41) is 17.9. The summed E-state index contributed by atoms with van der Waals surface area (Å²) in [5.41, 5.74) is 0.843. The van der Waals surface area contributed by atoms with Gasteiger partial charge in [0.1, 0.15) is 24.5 Å². The van der Waals surface area contributed by atoms with Crippen molar-refractivity contribution in [2.75, 3.05) is 39.4 Å². The van der Waals surface area contributed by atoms with Crippen LogP contribution in [0.15, 0.2) is 30.3 Å². The lowest BCUT2D eigenvalue weighted by molar-refractivity contribution is -0.793. The normalized spacial score (nSPS) is 22.0. The number of carbonyl (C=O) groups is 5. The Labute approximate surface area is 293 Å². The molecule has 2 aliphatic heterocycles. The number of alkyl carbamates (subject to hydrolysis) is 1. The van der Waals surface area contributed by atoms with Crippen LogP contribution in [0.2, 0.25) is 0 Å². The Bertz CT molecular complexity index is 1350. The number of imide groups is 1. The molecule has 1 aromatic rings. The lowest BCUT2D eigenvalue weighted by Gasteiger charge is -2.33. The molecule has 280 valence electrons. The molecule has 0 aromatic heterocycles. The van der Waals surface area contributed by atoms with Crippen molar-refractivity contribution in [3.05, 3.63) is 35.9 Å². The van der Waals surface area contributed by atoms with Crippen molar-refractivity contribution in [3.63, 3.8) is 0 Å². The Kier molecular flexibility index (Phi) is 16.1. The SMILES string of the molecule is CCCC[C@@H](NC(=O)[C@H](CCCCNC(=O)OCc1ccccc1)NC(=O)N1CCOCC1)P(=O)(O)OC(C)C(=O)[N+]1(C(=O)O)CCC[C@H]1C. The number of hydrogen-bond donors (Lipinski definition) is 5. The van der Waals surface area contributed by atoms with Gasteiger partial charge in [0, 0.05) is 32.5 Å². The van der Waals surface area contributed by atoms with E-state index in [0.29, 0.717) is 64.8 Å². The van der Waals surface area contributed by atoms with Gasteiger partial charge in [0.25, 0.3) is 0 Å². The van der Waals surface area contributed by atoms with Crippen molar-refractivity contribution in [2.24, 2.45) is 0 Å². The smallest absolute Gasteiger partial charge is 0.445 e. The van der Waals surface area contributed by atoms with Gasteiger partial charge in [0.05, 0.1) is 19.8 Å². The Balaban J connectivity index is 1.65. The summed E-state index contributed by atoms with van der Waals surface area (Å²) < 4.78 is 28.8. The first kappa shape index (κ1) is 40.9. The van der Waals surface area contributed by atoms with Crippen LogP contribution in [0.3, 0.4) is 0 Å². The Morgan fingerprint density at radius 3 is 2.38 bits per heavy atom. The van der Waals surface area contributed by atoms with E-state index in [0.717, 1.165) is 5.56 Å². The predicted octanol–water partition coefficient (Wildman–Crippen LogP) is 3.92. The van der Waals surface area contributed by atoms with E-state index < -0.39 is 66.1 Å². The van der Waals surface area contributed by atoms with E-state index in [-0.39, 0.29) is 32.5 Å². The first-order valence-electron chi connectivity index (χ1n) is 17.4. The molecule has 0 radical (unpaired) electrons. The summed E-state index contributed by atoms with van der Waals surface area (Å²) >= 11 is 0. The van der Waals surface area contributed by atoms with Crippen molar-refractivity contribution in [3.8, 4) is 0 Å². The highest BCUT2D eigenvalue weighted by molar-refractivity contribution is 7.53. The van der Waals surface area contributed by atoms with E-state index >= 15 is 0 Å². The fourth-order valence-electron chi connectivity index (χ4n) is 6.15. The largest absolute Gasteiger partial charge is 0.521 e. The molecule has 3 unspecified atom stereocenters. The number of nitrogens with zero attached hydrogens (tertiary/aromatic N) is 2. The number of carbonyl (C=O) groups excluding carboxylic acids is 4. The van der Waals surface area contributed by atoms with Crippen LogP contribution in [-0.2, 0) is 34.8 Å². The highest BCUT2D eigenvalue weighted by Crippen LogP contribution is 2.50. The minimum Gasteiger partial charge on any atom is -0.445 e. The molecule has 0 bridgehead atoms. The monoisotopic (exact) mass is 726 g/mol. The zero-order chi connectivity index (χ0) is 36.7. The van der Waals surface area contributed by atoms with E-state index in [1.165, 1.54) is 11.8 Å². The number of urea groups is 1. The molecular formula is C33H53N5O11P+. The van der Waals surface area contributed by atoms with Crippen LogP contribution in [0.1, 0.15) is 77.7 Å². The van der Waals surface area contributed by atoms with Gasteiger partial charge in [0.2, 0.25) is 5.91 Å². The zero-order valence-electron chi connectivity index (χ0n) is 29.2. The topological polar surface area (TPSA) is 210 Å². The molecule has 50 heavy (non-hydrogen) atoms. The number of hydrogen-bond acceptors (Lipinski definition) is 9. The summed E-state index contributed by atoms with van der Waals surface area (Å²) in [6.45, 7) is 6.51. The van der Waals surface area contributed by atoms with Crippen LogP contribution in [0.5, 0.6) is 0 Å². The first-order valence-corrected chi connectivity index (χ1v) is 19.0. The highest BCUT2D eigenvalue weighted by atomic mass is 31.2. The number of nitrogens with one attached hydrogen (secondary N) is 3. The predicted molar refractivity (Wildman–Crippen MR) is 182 cm³/mol. The second kappa shape index (κ2) is 19.7. The summed E-state index contributed by atoms with van der Waals surface area (Å²) in [4.78, 5) is 77.2. The van der Waals surface area contributed by atoms with Gasteiger partial charge in [-0.25, -0.2) is 14.4 Å². The number of likely N-dealkylation sites (tertiary alicyclic amines) is 1. The molecule has 6 amide bonds. The Hall–Kier alpha value is -3.56. The highest BCUT2D eigenvalue weighted by Gasteiger charge is 2.56. The van der Waals surface area contributed by atoms with Crippen LogP contribution in [0.4, 0.5) is 14.4 Å². The number of amides is 6. The molecule has 16 nitrogen and oxygen atoms in total. The van der Waals surface area contributed by atoms with Crippen LogP contribution in [0, 0.1) is 0 Å². The van der Waals surface area contributed by atoms with Gasteiger partial charge in [-0.2, -0.15) is 9.28 Å². The molecule has 1 aromatic carbocycles. The molecule has 0 aliphatic carbocycles. The quantitative estimate of drug-likeness (QED) is 0.0883. The summed E-state index contributed by atoms with van der Waals surface area (Å²) in [5.74, 6) is -2.99. The summed E-state index contributed by atoms with van der Waals surface area (Å²) in [7, 11) is -4.75. The maximum atomic E-state index is 13.7. The number of morpholine rings is 1. The van der Waals surface area contributed by atoms with E-state index in [1.54, 1.807) is 6.92 Å². The molecule has 2 saturated heterocycles. The lowest BCUT2D eigenvalue weighted by atomic mass is 10.1. The minimum atomic E-state index is -4.75. The van der Waals surface area contributed by atoms with E-state index in [1.807, 2.05) is 37.3 Å². The van der Waals surface area contributed by atoms with Gasteiger partial charge >= 0.3 is 31.7 Å². The molecule has 2 aliphatic rings. The average molecular weight is 727 g/mol. The number of benzene rings is 1. The third-order valence-electron chi connectivity index (χ3n) is 9.12. The van der Waals surface area contributed by atoms with Gasteiger partial charge < -0.3 is 40.3 Å². The van der Waals surface area contributed by atoms with Crippen molar-refractivity contribution in [1.29, 1.82) is 0 Å². The number of rotatable bonds is 17. The third-order valence-corrected chi connectivity index (χ3v) is 10.9. The van der Waals surface area contributed by atoms with Gasteiger partial charge in [-0.1, -0.05) is 50.1 Å². The first-order chi connectivity index (χ1) is 23.8. The van der Waals surface area contributed by atoms with Crippen LogP contribution in [0.25, 0.3) is 0 Å². The summed E-state index contributed by atoms with van der Waals surface area (Å²) in [6.07, 6.45) is -0.413. The molecule has 5 N–H and O–H groups in total. The molecule has 0 spiro atoms. The molecular weight excluding hydrogens is 673 g/mol. The van der Waals surface area contributed by atoms with Crippen LogP contribution >= 0.6 is 7.60 Å². The fourth-order valence-corrected chi connectivity index (χ4v) is 7.63. The molecule has 0 saturated carbocycles. The molecule has 17 heteroatoms. The van der Waals surface area contributed by atoms with Gasteiger partial charge in [-0.15, -0.1) is 0 Å². The zero-order valence-corrected chi connectivity index (χ0v) is 30.1. The Morgan fingerprint density at radius 2 is 1.76 bits per heavy atom. The van der Waals surface area contributed by atoms with Crippen molar-refractivity contribution in [1.82, 2.24) is 20.9 Å². The minimum absolute atomic E-state index is 0.0331. The number of quaternary nitrogens is 1. The van der Waals surface area contributed by atoms with Crippen LogP contribution < -0.4 is 16.0 Å². The number of carboxylic acid groups (broad SMARTS) is 1. The van der Waals surface area contributed by atoms with Gasteiger partial charge in [-0.3, -0.25) is 13.9 Å². The van der Waals surface area contributed by atoms with E-state index in [4.69, 9.17) is 14.0 Å². The van der Waals surface area contributed by atoms with Gasteiger partial charge in [-0.05, 0) is 45.1 Å². The maximum absolute atomic E-state index is 13.7. The van der Waals surface area contributed by atoms with Crippen molar-refractivity contribution in [2.45, 2.75) is 103 Å². The standard InChI is InChI=1S/C33H52N5O11P/c1-4-5-16-28(50(45,46)49-25(3)30(40)38(33(43)44)20-11-12-24(38)2)36-29(39)27(35-31(41)37-18-21-47-22-19-37)15-9-10-17-34-32(42)48-23-26-13-7-6-8-14-26/h6-8,13-14,24-25,27-28H,4-5,9-12,15-23H2,1-3H3,(H4-,34,35,36,39,41,42,43,44,45,46)/p+1/t24-,25?,27+,28+,38?/m1/s1. The summed E-state index contributed by atoms with van der Waals surface area (Å²) in [6, 6.07) is 7.08. The number of unbranched alkanes of at least 4 members (excludes halogenated alkanes) is 2. The second-order valence-corrected chi connectivity index (χ2v) is 14.7. The second-order valence-electron chi connectivity index (χ2n) is 12.8. The van der Waals surface area contributed by atoms with E-state index in [2.05, 4.69) is 16.0 Å².